The molecule has 0 saturated carbocycles. The fourth-order valence-electron chi connectivity index (χ4n) is 8.97. The lowest BCUT2D eigenvalue weighted by atomic mass is 9.24. The highest BCUT2D eigenvalue weighted by Gasteiger charge is 2.46. The third-order valence-corrected chi connectivity index (χ3v) is 11.5. The molecule has 11 rings (SSSR count). The normalized spacial score (nSPS) is 12.1. The molecular formula is C52H35B2NO2. The number of hydrogen-bond acceptors (Lipinski definition) is 3. The van der Waals surface area contributed by atoms with Crippen molar-refractivity contribution in [2.75, 3.05) is 4.90 Å². The second-order valence-electron chi connectivity index (χ2n) is 14.7. The standard InChI is InChI=1S/C52H35B2NO2/c1-4-16-36(17-5-1)43-22-10-11-23-44(43)37-28-30-38(31-29-37)53-49-45-24-12-14-26-47(45)57-52(49)54(50-46-25-13-15-27-48(46)56-51(50)53)39-32-34-42(35-33-39)55(40-18-6-2-7-19-40)41-20-8-3-9-21-41/h1-35H. The van der Waals surface area contributed by atoms with E-state index in [2.05, 4.69) is 217 Å². The van der Waals surface area contributed by atoms with Crippen molar-refractivity contribution in [3.63, 3.8) is 0 Å². The van der Waals surface area contributed by atoms with Crippen LogP contribution in [0, 0.1) is 0 Å². The molecule has 0 amide bonds. The Labute approximate surface area is 332 Å². The number of fused-ring (bicyclic) bond motifs is 6. The van der Waals surface area contributed by atoms with Gasteiger partial charge in [-0.25, -0.2) is 0 Å². The zero-order chi connectivity index (χ0) is 37.7. The van der Waals surface area contributed by atoms with Crippen LogP contribution in [0.1, 0.15) is 0 Å². The number of benzene rings is 8. The minimum absolute atomic E-state index is 0.161. The largest absolute Gasteiger partial charge is 0.471 e. The number of hydrogen-bond donors (Lipinski definition) is 0. The summed E-state index contributed by atoms with van der Waals surface area (Å²) in [6, 6.07) is 75.3. The van der Waals surface area contributed by atoms with Crippen LogP contribution in [0.3, 0.4) is 0 Å². The minimum atomic E-state index is -0.171. The molecule has 0 bridgehead atoms. The zero-order valence-electron chi connectivity index (χ0n) is 31.1. The van der Waals surface area contributed by atoms with Crippen LogP contribution in [0.15, 0.2) is 221 Å². The molecule has 3 heterocycles. The van der Waals surface area contributed by atoms with Crippen molar-refractivity contribution in [2.24, 2.45) is 0 Å². The Morgan fingerprint density at radius 2 is 0.684 bits per heavy atom. The molecule has 1 aliphatic heterocycles. The third kappa shape index (κ3) is 5.62. The van der Waals surface area contributed by atoms with Crippen LogP contribution in [-0.2, 0) is 0 Å². The van der Waals surface area contributed by atoms with E-state index in [-0.39, 0.29) is 13.4 Å². The first-order valence-corrected chi connectivity index (χ1v) is 19.6. The molecule has 0 N–H and O–H groups in total. The molecule has 8 aromatic carbocycles. The van der Waals surface area contributed by atoms with Gasteiger partial charge in [-0.3, -0.25) is 0 Å². The second-order valence-corrected chi connectivity index (χ2v) is 14.7. The first kappa shape index (κ1) is 33.1. The van der Waals surface area contributed by atoms with Gasteiger partial charge in [0.05, 0.1) is 11.3 Å². The summed E-state index contributed by atoms with van der Waals surface area (Å²) in [5.41, 5.74) is 16.5. The molecule has 2 aromatic heterocycles. The van der Waals surface area contributed by atoms with E-state index in [1.165, 1.54) is 33.2 Å². The number of para-hydroxylation sites is 4. The Morgan fingerprint density at radius 1 is 0.316 bits per heavy atom. The van der Waals surface area contributed by atoms with Crippen LogP contribution in [0.2, 0.25) is 0 Å². The molecule has 0 spiro atoms. The lowest BCUT2D eigenvalue weighted by Gasteiger charge is -2.27. The van der Waals surface area contributed by atoms with Crippen molar-refractivity contribution in [1.82, 2.24) is 0 Å². The van der Waals surface area contributed by atoms with Gasteiger partial charge in [-0.15, -0.1) is 0 Å². The average molecular weight is 727 g/mol. The van der Waals surface area contributed by atoms with Gasteiger partial charge in [0.15, 0.2) is 0 Å². The highest BCUT2D eigenvalue weighted by molar-refractivity contribution is 7.12. The molecule has 57 heavy (non-hydrogen) atoms. The highest BCUT2D eigenvalue weighted by atomic mass is 16.3. The molecule has 3 nitrogen and oxygen atoms in total. The third-order valence-electron chi connectivity index (χ3n) is 11.5. The predicted molar refractivity (Wildman–Crippen MR) is 240 cm³/mol. The second kappa shape index (κ2) is 13.8. The molecule has 0 unspecified atom stereocenters. The van der Waals surface area contributed by atoms with Crippen molar-refractivity contribution >= 4 is 85.6 Å². The first-order chi connectivity index (χ1) is 28.3. The van der Waals surface area contributed by atoms with Gasteiger partial charge < -0.3 is 13.7 Å². The Kier molecular flexibility index (Phi) is 8.03. The van der Waals surface area contributed by atoms with Gasteiger partial charge in [0.25, 0.3) is 13.4 Å². The minimum Gasteiger partial charge on any atom is -0.471 e. The maximum Gasteiger partial charge on any atom is 0.290 e. The SMILES string of the molecule is c1ccc(-c2ccccc2-c2ccc(B3c4oc5ccccc5c4B(c4ccc(N(c5ccccc5)c5ccccc5)cc4)c4oc5ccccc5c43)cc2)cc1. The molecule has 1 aliphatic rings. The summed E-state index contributed by atoms with van der Waals surface area (Å²) in [5.74, 6) is 0. The fourth-order valence-corrected chi connectivity index (χ4v) is 8.97. The molecule has 0 fully saturated rings. The number of nitrogens with zero attached hydrogens (tertiary/aromatic N) is 1. The van der Waals surface area contributed by atoms with Crippen molar-refractivity contribution in [3.05, 3.63) is 212 Å². The van der Waals surface area contributed by atoms with E-state index in [1.807, 2.05) is 0 Å². The molecule has 0 aliphatic carbocycles. The van der Waals surface area contributed by atoms with Gasteiger partial charge in [-0.05, 0) is 81.7 Å². The van der Waals surface area contributed by atoms with E-state index in [1.54, 1.807) is 0 Å². The summed E-state index contributed by atoms with van der Waals surface area (Å²) in [4.78, 5) is 2.30. The summed E-state index contributed by atoms with van der Waals surface area (Å²) in [5, 5.41) is 2.23. The van der Waals surface area contributed by atoms with Gasteiger partial charge >= 0.3 is 0 Å². The Bertz CT molecular complexity index is 2970. The van der Waals surface area contributed by atoms with Crippen LogP contribution < -0.4 is 38.1 Å². The summed E-state index contributed by atoms with van der Waals surface area (Å²) in [6.07, 6.45) is 0. The maximum atomic E-state index is 7.01. The van der Waals surface area contributed by atoms with E-state index in [9.17, 15) is 0 Å². The molecular weight excluding hydrogens is 692 g/mol. The lowest BCUT2D eigenvalue weighted by molar-refractivity contribution is 0.647. The first-order valence-electron chi connectivity index (χ1n) is 19.6. The summed E-state index contributed by atoms with van der Waals surface area (Å²) in [6.45, 7) is -0.332. The molecule has 5 heteroatoms. The van der Waals surface area contributed by atoms with Gasteiger partial charge in [-0.2, -0.15) is 0 Å². The van der Waals surface area contributed by atoms with Crippen LogP contribution in [0.25, 0.3) is 44.2 Å². The lowest BCUT2D eigenvalue weighted by Crippen LogP contribution is -2.73. The summed E-state index contributed by atoms with van der Waals surface area (Å²) >= 11 is 0. The monoisotopic (exact) mass is 727 g/mol. The zero-order valence-corrected chi connectivity index (χ0v) is 31.1. The van der Waals surface area contributed by atoms with Crippen molar-refractivity contribution in [3.8, 4) is 22.3 Å². The quantitative estimate of drug-likeness (QED) is 0.153. The molecule has 0 radical (unpaired) electrons. The average Bonchev–Trinajstić information content (AvgIpc) is 3.86. The predicted octanol–water partition coefficient (Wildman–Crippen LogP) is 9.33. The number of anilines is 3. The Balaban J connectivity index is 1.07. The van der Waals surface area contributed by atoms with Gasteiger partial charge in [-0.1, -0.05) is 175 Å². The highest BCUT2D eigenvalue weighted by Crippen LogP contribution is 2.34. The van der Waals surface area contributed by atoms with Crippen LogP contribution in [-0.4, -0.2) is 13.4 Å². The van der Waals surface area contributed by atoms with Gasteiger partial charge in [0, 0.05) is 27.8 Å². The van der Waals surface area contributed by atoms with Gasteiger partial charge in [0.1, 0.15) is 11.2 Å². The summed E-state index contributed by atoms with van der Waals surface area (Å²) < 4.78 is 14.0. The molecule has 0 atom stereocenters. The Hall–Kier alpha value is -7.23. The van der Waals surface area contributed by atoms with E-state index >= 15 is 0 Å². The van der Waals surface area contributed by atoms with Crippen LogP contribution >= 0.6 is 0 Å². The van der Waals surface area contributed by atoms with Crippen molar-refractivity contribution in [1.29, 1.82) is 0 Å². The van der Waals surface area contributed by atoms with Crippen LogP contribution in [0.5, 0.6) is 0 Å². The smallest absolute Gasteiger partial charge is 0.290 e. The maximum absolute atomic E-state index is 7.01. The van der Waals surface area contributed by atoms with Crippen molar-refractivity contribution < 1.29 is 8.83 Å². The Morgan fingerprint density at radius 3 is 1.18 bits per heavy atom. The van der Waals surface area contributed by atoms with Crippen LogP contribution in [0.4, 0.5) is 17.1 Å². The van der Waals surface area contributed by atoms with Crippen molar-refractivity contribution in [2.45, 2.75) is 0 Å². The fraction of sp³-hybridized carbons (Fsp3) is 0. The van der Waals surface area contributed by atoms with E-state index in [4.69, 9.17) is 8.83 Å². The van der Waals surface area contributed by atoms with E-state index < -0.39 is 0 Å². The van der Waals surface area contributed by atoms with Gasteiger partial charge in [0.2, 0.25) is 0 Å². The number of rotatable bonds is 7. The molecule has 0 saturated heterocycles. The molecule has 266 valence electrons. The van der Waals surface area contributed by atoms with E-state index in [0.29, 0.717) is 0 Å². The molecule has 10 aromatic rings. The van der Waals surface area contributed by atoms with E-state index in [0.717, 1.165) is 61.2 Å². The topological polar surface area (TPSA) is 29.5 Å². The summed E-state index contributed by atoms with van der Waals surface area (Å²) in [7, 11) is 0. The number of furan rings is 2.